The van der Waals surface area contributed by atoms with E-state index in [1.54, 1.807) is 0 Å². The normalized spacial score (nSPS) is 11.4. The summed E-state index contributed by atoms with van der Waals surface area (Å²) >= 11 is 0. The second-order valence-corrected chi connectivity index (χ2v) is 5.64. The van der Waals surface area contributed by atoms with Crippen LogP contribution in [-0.2, 0) is 9.59 Å². The second-order valence-electron chi connectivity index (χ2n) is 5.64. The van der Waals surface area contributed by atoms with E-state index in [0.29, 0.717) is 0 Å². The molecule has 0 spiro atoms. The lowest BCUT2D eigenvalue weighted by Gasteiger charge is -2.21. The van der Waals surface area contributed by atoms with Crippen molar-refractivity contribution in [1.29, 1.82) is 0 Å². The van der Waals surface area contributed by atoms with Crippen molar-refractivity contribution in [2.45, 2.75) is 18.3 Å². The Morgan fingerprint density at radius 1 is 0.759 bits per heavy atom. The first-order valence-electron chi connectivity index (χ1n) is 7.80. The first-order valence-corrected chi connectivity index (χ1v) is 7.80. The molecule has 2 rings (SSSR count). The Kier molecular flexibility index (Phi) is 6.36. The molecule has 0 bridgehead atoms. The second kappa shape index (κ2) is 8.54. The van der Waals surface area contributed by atoms with Gasteiger partial charge in [-0.3, -0.25) is 39.8 Å². The van der Waals surface area contributed by atoms with Gasteiger partial charge in [-0.2, -0.15) is 17.6 Å². The quantitative estimate of drug-likeness (QED) is 0.692. The number of halogens is 4. The van der Waals surface area contributed by atoms with Crippen LogP contribution in [0.25, 0.3) is 0 Å². The summed E-state index contributed by atoms with van der Waals surface area (Å²) in [6.45, 7) is 0. The molecule has 0 radical (unpaired) electrons. The van der Waals surface area contributed by atoms with Crippen molar-refractivity contribution in [2.24, 2.45) is 0 Å². The summed E-state index contributed by atoms with van der Waals surface area (Å²) in [7, 11) is 0. The fraction of sp³-hybridized carbons (Fsp3) is 0.176. The molecule has 0 fully saturated rings. The van der Waals surface area contributed by atoms with Gasteiger partial charge in [0.2, 0.25) is 0 Å². The SMILES string of the molecule is O=C(NC(=O)C(F)(F)CC(F)(F)C(=O)NC(=O)c1cccnc1)c1cccnc1. The van der Waals surface area contributed by atoms with Crippen LogP contribution in [0.5, 0.6) is 0 Å². The lowest BCUT2D eigenvalue weighted by atomic mass is 10.1. The summed E-state index contributed by atoms with van der Waals surface area (Å²) in [5.74, 6) is -16.8. The summed E-state index contributed by atoms with van der Waals surface area (Å²) in [6, 6.07) is 4.88. The molecule has 29 heavy (non-hydrogen) atoms. The van der Waals surface area contributed by atoms with E-state index in [4.69, 9.17) is 0 Å². The smallest absolute Gasteiger partial charge is 0.287 e. The first-order chi connectivity index (χ1) is 13.5. The van der Waals surface area contributed by atoms with Gasteiger partial charge in [-0.25, -0.2) is 0 Å². The number of carbonyl (C=O) groups excluding carboxylic acids is 4. The number of pyridine rings is 2. The van der Waals surface area contributed by atoms with Gasteiger partial charge in [0.25, 0.3) is 23.6 Å². The van der Waals surface area contributed by atoms with Crippen molar-refractivity contribution in [1.82, 2.24) is 20.6 Å². The Morgan fingerprint density at radius 3 is 1.45 bits per heavy atom. The van der Waals surface area contributed by atoms with Crippen LogP contribution in [0.15, 0.2) is 49.1 Å². The first kappa shape index (κ1) is 21.6. The van der Waals surface area contributed by atoms with Gasteiger partial charge in [0.15, 0.2) is 0 Å². The number of alkyl halides is 4. The fourth-order valence-corrected chi connectivity index (χ4v) is 1.97. The third-order valence-corrected chi connectivity index (χ3v) is 3.41. The van der Waals surface area contributed by atoms with Crippen molar-refractivity contribution >= 4 is 23.6 Å². The predicted octanol–water partition coefficient (Wildman–Crippen LogP) is 1.35. The van der Waals surface area contributed by atoms with E-state index in [1.165, 1.54) is 35.2 Å². The number of hydrogen-bond donors (Lipinski definition) is 2. The summed E-state index contributed by atoms with van der Waals surface area (Å²) in [4.78, 5) is 53.5. The minimum absolute atomic E-state index is 0.261. The lowest BCUT2D eigenvalue weighted by Crippen LogP contribution is -2.51. The van der Waals surface area contributed by atoms with Crippen LogP contribution in [0.3, 0.4) is 0 Å². The van der Waals surface area contributed by atoms with E-state index in [1.807, 2.05) is 0 Å². The summed E-state index contributed by atoms with van der Waals surface area (Å²) in [6.07, 6.45) is 1.93. The molecule has 0 saturated carbocycles. The molecular formula is C17H12F4N4O4. The summed E-state index contributed by atoms with van der Waals surface area (Å²) in [5, 5.41) is 2.51. The molecule has 0 aliphatic rings. The van der Waals surface area contributed by atoms with Gasteiger partial charge in [-0.1, -0.05) is 0 Å². The number of nitrogens with zero attached hydrogens (tertiary/aromatic N) is 2. The molecule has 2 aromatic heterocycles. The van der Waals surface area contributed by atoms with Crippen LogP contribution in [0.4, 0.5) is 17.6 Å². The van der Waals surface area contributed by atoms with Crippen molar-refractivity contribution in [3.63, 3.8) is 0 Å². The zero-order chi connectivity index (χ0) is 21.7. The van der Waals surface area contributed by atoms with Crippen LogP contribution in [0.2, 0.25) is 0 Å². The van der Waals surface area contributed by atoms with E-state index in [9.17, 15) is 36.7 Å². The zero-order valence-corrected chi connectivity index (χ0v) is 14.4. The molecule has 2 aromatic rings. The largest absolute Gasteiger partial charge is 0.331 e. The van der Waals surface area contributed by atoms with E-state index < -0.39 is 41.9 Å². The van der Waals surface area contributed by atoms with Gasteiger partial charge in [0.05, 0.1) is 17.5 Å². The van der Waals surface area contributed by atoms with Crippen molar-refractivity contribution < 1.29 is 36.7 Å². The predicted molar refractivity (Wildman–Crippen MR) is 87.9 cm³/mol. The van der Waals surface area contributed by atoms with Crippen molar-refractivity contribution in [2.75, 3.05) is 0 Å². The molecule has 0 aromatic carbocycles. The van der Waals surface area contributed by atoms with Crippen molar-refractivity contribution in [3.8, 4) is 0 Å². The zero-order valence-electron chi connectivity index (χ0n) is 14.4. The molecule has 8 nitrogen and oxygen atoms in total. The van der Waals surface area contributed by atoms with Gasteiger partial charge in [0, 0.05) is 24.8 Å². The molecule has 2 heterocycles. The number of imide groups is 2. The van der Waals surface area contributed by atoms with E-state index >= 15 is 0 Å². The Hall–Kier alpha value is -3.70. The maximum Gasteiger partial charge on any atom is 0.331 e. The highest BCUT2D eigenvalue weighted by Gasteiger charge is 2.53. The van der Waals surface area contributed by atoms with Gasteiger partial charge >= 0.3 is 11.8 Å². The molecule has 12 heteroatoms. The highest BCUT2D eigenvalue weighted by molar-refractivity contribution is 6.08. The molecule has 0 saturated heterocycles. The van der Waals surface area contributed by atoms with Gasteiger partial charge in [-0.15, -0.1) is 0 Å². The Morgan fingerprint density at radius 2 is 1.14 bits per heavy atom. The number of carbonyl (C=O) groups is 4. The maximum absolute atomic E-state index is 13.9. The average Bonchev–Trinajstić information content (AvgIpc) is 2.68. The highest BCUT2D eigenvalue weighted by atomic mass is 19.3. The van der Waals surface area contributed by atoms with Gasteiger partial charge in [0.1, 0.15) is 0 Å². The van der Waals surface area contributed by atoms with E-state index in [-0.39, 0.29) is 11.1 Å². The minimum Gasteiger partial charge on any atom is -0.287 e. The summed E-state index contributed by atoms with van der Waals surface area (Å²) in [5.41, 5.74) is -0.522. The van der Waals surface area contributed by atoms with Crippen LogP contribution in [0.1, 0.15) is 27.1 Å². The lowest BCUT2D eigenvalue weighted by molar-refractivity contribution is -0.168. The van der Waals surface area contributed by atoms with E-state index in [2.05, 4.69) is 9.97 Å². The summed E-state index contributed by atoms with van der Waals surface area (Å²) < 4.78 is 55.5. The third kappa shape index (κ3) is 5.64. The Bertz CT molecular complexity index is 848. The number of amides is 4. The number of nitrogens with one attached hydrogen (secondary N) is 2. The van der Waals surface area contributed by atoms with Crippen LogP contribution in [0, 0.1) is 0 Å². The van der Waals surface area contributed by atoms with Gasteiger partial charge in [-0.05, 0) is 24.3 Å². The topological polar surface area (TPSA) is 118 Å². The Balaban J connectivity index is 2.02. The minimum atomic E-state index is -4.80. The monoisotopic (exact) mass is 412 g/mol. The molecule has 0 aliphatic heterocycles. The van der Waals surface area contributed by atoms with Crippen LogP contribution < -0.4 is 10.6 Å². The Labute approximate surface area is 160 Å². The average molecular weight is 412 g/mol. The van der Waals surface area contributed by atoms with Gasteiger partial charge < -0.3 is 0 Å². The fourth-order valence-electron chi connectivity index (χ4n) is 1.97. The molecular weight excluding hydrogens is 400 g/mol. The highest BCUT2D eigenvalue weighted by Crippen LogP contribution is 2.31. The molecule has 0 aliphatic carbocycles. The van der Waals surface area contributed by atoms with Crippen LogP contribution in [-0.4, -0.2) is 45.4 Å². The van der Waals surface area contributed by atoms with E-state index in [0.717, 1.165) is 24.5 Å². The molecule has 0 atom stereocenters. The number of aromatic nitrogens is 2. The molecule has 152 valence electrons. The molecule has 0 unspecified atom stereocenters. The number of hydrogen-bond acceptors (Lipinski definition) is 6. The standard InChI is InChI=1S/C17H12F4N4O4/c18-16(19,14(28)24-12(26)10-3-1-5-22-7-10)9-17(20,21)15(29)25-13(27)11-4-2-6-23-8-11/h1-8H,9H2,(H,24,26,28)(H,25,27,29). The molecule has 2 N–H and O–H groups in total. The van der Waals surface area contributed by atoms with Crippen LogP contribution >= 0.6 is 0 Å². The molecule has 4 amide bonds. The van der Waals surface area contributed by atoms with Crippen molar-refractivity contribution in [3.05, 3.63) is 60.2 Å². The third-order valence-electron chi connectivity index (χ3n) is 3.41. The number of rotatable bonds is 6. The maximum atomic E-state index is 13.9.